The maximum atomic E-state index is 13.5. The largest absolute Gasteiger partial charge is 0.342 e. The molecule has 0 aliphatic rings. The average molecular weight is 363 g/mol. The second kappa shape index (κ2) is 9.50. The fraction of sp³-hybridized carbons (Fsp3) is 0.333. The molecular formula is C15H21Cl2FN4O. The van der Waals surface area contributed by atoms with Crippen LogP contribution >= 0.6 is 24.8 Å². The molecule has 0 aliphatic heterocycles. The third-order valence-electron chi connectivity index (χ3n) is 3.11. The van der Waals surface area contributed by atoms with Gasteiger partial charge >= 0.3 is 0 Å². The molecule has 0 saturated heterocycles. The number of halogens is 3. The molecule has 1 aromatic heterocycles. The molecule has 1 heterocycles. The van der Waals surface area contributed by atoms with Crippen LogP contribution in [0.5, 0.6) is 0 Å². The van der Waals surface area contributed by atoms with Gasteiger partial charge in [-0.1, -0.05) is 12.1 Å². The average Bonchev–Trinajstić information content (AvgIpc) is 2.81. The molecule has 3 N–H and O–H groups in total. The summed E-state index contributed by atoms with van der Waals surface area (Å²) in [6.07, 6.45) is 3.62. The van der Waals surface area contributed by atoms with Crippen LogP contribution in [0.4, 0.5) is 4.39 Å². The first kappa shape index (κ1) is 21.4. The van der Waals surface area contributed by atoms with Gasteiger partial charge in [-0.15, -0.1) is 24.8 Å². The number of carbonyl (C=O) groups is 1. The van der Waals surface area contributed by atoms with Crippen LogP contribution in [0, 0.1) is 5.82 Å². The molecule has 128 valence electrons. The van der Waals surface area contributed by atoms with Gasteiger partial charge in [0.05, 0.1) is 0 Å². The van der Waals surface area contributed by atoms with E-state index in [9.17, 15) is 9.18 Å². The molecule has 0 saturated carbocycles. The summed E-state index contributed by atoms with van der Waals surface area (Å²) in [4.78, 5) is 16.3. The molecule has 0 aliphatic carbocycles. The number of nitrogens with two attached hydrogens (primary N) is 1. The minimum Gasteiger partial charge on any atom is -0.342 e. The standard InChI is InChI=1S/C15H19FN4O.2ClH/c1-10(17)8-13(21)19-14(15-18-6-7-20(15)2)11-4-3-5-12(16)9-11;;/h3-7,9-10,14H,8,17H2,1-2H3,(H,19,21);2*1H. The summed E-state index contributed by atoms with van der Waals surface area (Å²) >= 11 is 0. The smallest absolute Gasteiger partial charge is 0.222 e. The quantitative estimate of drug-likeness (QED) is 0.857. The van der Waals surface area contributed by atoms with Crippen LogP contribution < -0.4 is 11.1 Å². The van der Waals surface area contributed by atoms with E-state index >= 15 is 0 Å². The number of hydrogen-bond acceptors (Lipinski definition) is 3. The molecule has 2 aromatic rings. The highest BCUT2D eigenvalue weighted by molar-refractivity contribution is 5.85. The van der Waals surface area contributed by atoms with Gasteiger partial charge in [0.25, 0.3) is 0 Å². The Balaban J connectivity index is 0.00000242. The van der Waals surface area contributed by atoms with E-state index < -0.39 is 6.04 Å². The lowest BCUT2D eigenvalue weighted by Crippen LogP contribution is -2.34. The summed E-state index contributed by atoms with van der Waals surface area (Å²) in [5.41, 5.74) is 6.28. The molecule has 0 fully saturated rings. The van der Waals surface area contributed by atoms with Crippen LogP contribution in [0.15, 0.2) is 36.7 Å². The summed E-state index contributed by atoms with van der Waals surface area (Å²) in [5, 5.41) is 2.87. The molecule has 0 bridgehead atoms. The van der Waals surface area contributed by atoms with Crippen molar-refractivity contribution in [3.8, 4) is 0 Å². The number of carbonyl (C=O) groups excluding carboxylic acids is 1. The zero-order chi connectivity index (χ0) is 15.4. The maximum Gasteiger partial charge on any atom is 0.222 e. The molecule has 0 radical (unpaired) electrons. The number of nitrogens with zero attached hydrogens (tertiary/aromatic N) is 2. The normalized spacial score (nSPS) is 12.5. The van der Waals surface area contributed by atoms with Gasteiger partial charge in [-0.05, 0) is 24.6 Å². The number of hydrogen-bond donors (Lipinski definition) is 2. The Hall–Kier alpha value is -1.63. The van der Waals surface area contributed by atoms with Crippen molar-refractivity contribution in [1.29, 1.82) is 0 Å². The van der Waals surface area contributed by atoms with Crippen LogP contribution in [-0.4, -0.2) is 21.5 Å². The fourth-order valence-electron chi connectivity index (χ4n) is 2.15. The van der Waals surface area contributed by atoms with Crippen LogP contribution in [0.3, 0.4) is 0 Å². The minimum atomic E-state index is -0.507. The minimum absolute atomic E-state index is 0. The second-order valence-corrected chi connectivity index (χ2v) is 5.13. The number of aryl methyl sites for hydroxylation is 1. The fourth-order valence-corrected chi connectivity index (χ4v) is 2.15. The molecule has 2 unspecified atom stereocenters. The van der Waals surface area contributed by atoms with E-state index in [1.54, 1.807) is 36.0 Å². The summed E-state index contributed by atoms with van der Waals surface area (Å²) in [6, 6.07) is 5.38. The van der Waals surface area contributed by atoms with E-state index in [-0.39, 0.29) is 49.0 Å². The van der Waals surface area contributed by atoms with Crippen LogP contribution in [0.25, 0.3) is 0 Å². The predicted octanol–water partition coefficient (Wildman–Crippen LogP) is 2.35. The summed E-state index contributed by atoms with van der Waals surface area (Å²) in [5.74, 6) is 0.0917. The lowest BCUT2D eigenvalue weighted by molar-refractivity contribution is -0.121. The Labute approximate surface area is 147 Å². The summed E-state index contributed by atoms with van der Waals surface area (Å²) in [7, 11) is 1.83. The monoisotopic (exact) mass is 362 g/mol. The summed E-state index contributed by atoms with van der Waals surface area (Å²) in [6.45, 7) is 1.76. The van der Waals surface area contributed by atoms with Crippen molar-refractivity contribution in [3.63, 3.8) is 0 Å². The lowest BCUT2D eigenvalue weighted by atomic mass is 10.1. The number of imidazole rings is 1. The van der Waals surface area contributed by atoms with Gasteiger partial charge in [0.2, 0.25) is 5.91 Å². The first-order valence-corrected chi connectivity index (χ1v) is 6.75. The van der Waals surface area contributed by atoms with Crippen molar-refractivity contribution in [1.82, 2.24) is 14.9 Å². The highest BCUT2D eigenvalue weighted by Gasteiger charge is 2.21. The van der Waals surface area contributed by atoms with Crippen molar-refractivity contribution in [2.75, 3.05) is 0 Å². The summed E-state index contributed by atoms with van der Waals surface area (Å²) < 4.78 is 15.3. The Bertz CT molecular complexity index is 633. The number of rotatable bonds is 5. The molecule has 2 atom stereocenters. The van der Waals surface area contributed by atoms with Crippen molar-refractivity contribution in [2.24, 2.45) is 12.8 Å². The van der Waals surface area contributed by atoms with Gasteiger partial charge < -0.3 is 15.6 Å². The highest BCUT2D eigenvalue weighted by atomic mass is 35.5. The lowest BCUT2D eigenvalue weighted by Gasteiger charge is -2.20. The molecule has 2 rings (SSSR count). The van der Waals surface area contributed by atoms with E-state index in [4.69, 9.17) is 5.73 Å². The number of nitrogens with one attached hydrogen (secondary N) is 1. The SMILES string of the molecule is CC(N)CC(=O)NC(c1cccc(F)c1)c1nccn1C.Cl.Cl. The molecule has 5 nitrogen and oxygen atoms in total. The zero-order valence-electron chi connectivity index (χ0n) is 12.9. The predicted molar refractivity (Wildman–Crippen MR) is 92.4 cm³/mol. The van der Waals surface area contributed by atoms with Crippen LogP contribution in [-0.2, 0) is 11.8 Å². The number of aromatic nitrogens is 2. The van der Waals surface area contributed by atoms with E-state index in [2.05, 4.69) is 10.3 Å². The van der Waals surface area contributed by atoms with E-state index in [1.807, 2.05) is 7.05 Å². The molecule has 0 spiro atoms. The molecule has 23 heavy (non-hydrogen) atoms. The topological polar surface area (TPSA) is 72.9 Å². The van der Waals surface area contributed by atoms with Gasteiger partial charge in [0.1, 0.15) is 17.7 Å². The van der Waals surface area contributed by atoms with Gasteiger partial charge in [-0.25, -0.2) is 9.37 Å². The Morgan fingerprint density at radius 2 is 2.13 bits per heavy atom. The number of benzene rings is 1. The van der Waals surface area contributed by atoms with Gasteiger partial charge in [-0.2, -0.15) is 0 Å². The Kier molecular flexibility index (Phi) is 8.82. The van der Waals surface area contributed by atoms with Crippen LogP contribution in [0.2, 0.25) is 0 Å². The van der Waals surface area contributed by atoms with Crippen molar-refractivity contribution in [2.45, 2.75) is 25.4 Å². The Morgan fingerprint density at radius 3 is 2.65 bits per heavy atom. The molecule has 8 heteroatoms. The van der Waals surface area contributed by atoms with Crippen molar-refractivity contribution >= 4 is 30.7 Å². The maximum absolute atomic E-state index is 13.5. The number of amides is 1. The van der Waals surface area contributed by atoms with Gasteiger partial charge in [0.15, 0.2) is 0 Å². The van der Waals surface area contributed by atoms with Crippen LogP contribution in [0.1, 0.15) is 30.8 Å². The first-order valence-electron chi connectivity index (χ1n) is 6.75. The van der Waals surface area contributed by atoms with Gasteiger partial charge in [0, 0.05) is 31.9 Å². The third kappa shape index (κ3) is 5.82. The Morgan fingerprint density at radius 1 is 1.43 bits per heavy atom. The van der Waals surface area contributed by atoms with Crippen molar-refractivity contribution < 1.29 is 9.18 Å². The van der Waals surface area contributed by atoms with Gasteiger partial charge in [-0.3, -0.25) is 4.79 Å². The highest BCUT2D eigenvalue weighted by Crippen LogP contribution is 2.21. The van der Waals surface area contributed by atoms with E-state index in [0.717, 1.165) is 0 Å². The second-order valence-electron chi connectivity index (χ2n) is 5.13. The first-order chi connectivity index (χ1) is 9.97. The molecular weight excluding hydrogens is 342 g/mol. The van der Waals surface area contributed by atoms with E-state index in [0.29, 0.717) is 11.4 Å². The molecule has 1 aromatic carbocycles. The zero-order valence-corrected chi connectivity index (χ0v) is 14.5. The third-order valence-corrected chi connectivity index (χ3v) is 3.11. The van der Waals surface area contributed by atoms with Crippen molar-refractivity contribution in [3.05, 3.63) is 53.9 Å². The van der Waals surface area contributed by atoms with E-state index in [1.165, 1.54) is 12.1 Å². The molecule has 1 amide bonds.